The second kappa shape index (κ2) is 7.07. The minimum Gasteiger partial charge on any atom is -0.340 e. The molecule has 1 aliphatic rings. The second-order valence-electron chi connectivity index (χ2n) is 4.54. The number of aryl methyl sites for hydroxylation is 1. The van der Waals surface area contributed by atoms with Crippen LogP contribution in [0.5, 0.6) is 0 Å². The number of carbonyl (C=O) groups is 1. The van der Waals surface area contributed by atoms with Gasteiger partial charge in [-0.3, -0.25) is 9.59 Å². The van der Waals surface area contributed by atoms with Crippen molar-refractivity contribution in [2.45, 2.75) is 26.8 Å². The Balaban J connectivity index is 0.00000180. The number of rotatable bonds is 3. The Labute approximate surface area is 123 Å². The molecule has 0 spiro atoms. The molecule has 5 nitrogen and oxygen atoms in total. The van der Waals surface area contributed by atoms with Crippen LogP contribution in [0, 0.1) is 13.8 Å². The van der Waals surface area contributed by atoms with Crippen molar-refractivity contribution in [2.75, 3.05) is 26.2 Å². The van der Waals surface area contributed by atoms with Crippen LogP contribution >= 0.6 is 23.7 Å². The summed E-state index contributed by atoms with van der Waals surface area (Å²) in [6.07, 6.45) is 0.414. The molecular weight excluding hydrogens is 286 g/mol. The van der Waals surface area contributed by atoms with E-state index in [4.69, 9.17) is 0 Å². The Bertz CT molecular complexity index is 492. The Morgan fingerprint density at radius 1 is 1.32 bits per heavy atom. The molecule has 0 bridgehead atoms. The molecule has 0 saturated carbocycles. The van der Waals surface area contributed by atoms with E-state index in [1.54, 1.807) is 4.57 Å². The molecule has 1 aromatic rings. The van der Waals surface area contributed by atoms with E-state index in [0.29, 0.717) is 13.0 Å². The molecule has 1 fully saturated rings. The Kier molecular flexibility index (Phi) is 6.03. The van der Waals surface area contributed by atoms with Crippen molar-refractivity contribution in [1.29, 1.82) is 0 Å². The Morgan fingerprint density at radius 2 is 1.95 bits per heavy atom. The monoisotopic (exact) mass is 305 g/mol. The van der Waals surface area contributed by atoms with E-state index in [1.165, 1.54) is 11.3 Å². The molecule has 2 heterocycles. The molecule has 0 aromatic carbocycles. The summed E-state index contributed by atoms with van der Waals surface area (Å²) in [5, 5.41) is 3.22. The predicted molar refractivity (Wildman–Crippen MR) is 79.4 cm³/mol. The van der Waals surface area contributed by atoms with Crippen LogP contribution in [-0.2, 0) is 11.3 Å². The van der Waals surface area contributed by atoms with Crippen molar-refractivity contribution in [1.82, 2.24) is 14.8 Å². The molecular formula is C12H20ClN3O2S. The van der Waals surface area contributed by atoms with E-state index in [0.717, 1.165) is 36.8 Å². The largest absolute Gasteiger partial charge is 0.340 e. The number of nitrogens with zero attached hydrogens (tertiary/aromatic N) is 2. The highest BCUT2D eigenvalue weighted by Gasteiger charge is 2.16. The topological polar surface area (TPSA) is 54.3 Å². The van der Waals surface area contributed by atoms with E-state index >= 15 is 0 Å². The van der Waals surface area contributed by atoms with Gasteiger partial charge in [-0.25, -0.2) is 0 Å². The van der Waals surface area contributed by atoms with Crippen LogP contribution < -0.4 is 10.2 Å². The molecule has 0 aliphatic carbocycles. The van der Waals surface area contributed by atoms with Gasteiger partial charge in [0.05, 0.1) is 0 Å². The van der Waals surface area contributed by atoms with Crippen molar-refractivity contribution < 1.29 is 4.79 Å². The van der Waals surface area contributed by atoms with Crippen LogP contribution in [0.3, 0.4) is 0 Å². The lowest BCUT2D eigenvalue weighted by Crippen LogP contribution is -2.46. The molecule has 1 amide bonds. The van der Waals surface area contributed by atoms with Crippen LogP contribution in [0.25, 0.3) is 0 Å². The molecule has 0 unspecified atom stereocenters. The van der Waals surface area contributed by atoms with E-state index < -0.39 is 0 Å². The molecule has 108 valence electrons. The summed E-state index contributed by atoms with van der Waals surface area (Å²) in [5.41, 5.74) is 0.984. The third kappa shape index (κ3) is 3.81. The zero-order chi connectivity index (χ0) is 13.1. The van der Waals surface area contributed by atoms with Gasteiger partial charge in [-0.15, -0.1) is 12.4 Å². The second-order valence-corrected chi connectivity index (χ2v) is 5.71. The van der Waals surface area contributed by atoms with Crippen molar-refractivity contribution in [2.24, 2.45) is 0 Å². The number of carbonyl (C=O) groups excluding carboxylic acids is 1. The third-order valence-corrected chi connectivity index (χ3v) is 4.39. The highest BCUT2D eigenvalue weighted by molar-refractivity contribution is 7.09. The van der Waals surface area contributed by atoms with Crippen LogP contribution in [0.4, 0.5) is 0 Å². The van der Waals surface area contributed by atoms with Gasteiger partial charge >= 0.3 is 4.87 Å². The third-order valence-electron chi connectivity index (χ3n) is 3.39. The van der Waals surface area contributed by atoms with Crippen LogP contribution in [0.2, 0.25) is 0 Å². The summed E-state index contributed by atoms with van der Waals surface area (Å²) in [5.74, 6) is 0.145. The van der Waals surface area contributed by atoms with Gasteiger partial charge in [0.1, 0.15) is 0 Å². The van der Waals surface area contributed by atoms with Crippen LogP contribution in [-0.4, -0.2) is 41.6 Å². The van der Waals surface area contributed by atoms with Gasteiger partial charge in [0.25, 0.3) is 0 Å². The summed E-state index contributed by atoms with van der Waals surface area (Å²) < 4.78 is 1.71. The minimum absolute atomic E-state index is 0. The summed E-state index contributed by atoms with van der Waals surface area (Å²) >= 11 is 1.26. The molecule has 0 radical (unpaired) electrons. The fourth-order valence-electron chi connectivity index (χ4n) is 2.13. The number of hydrogen-bond donors (Lipinski definition) is 1. The molecule has 0 atom stereocenters. The lowest BCUT2D eigenvalue weighted by Gasteiger charge is -2.27. The minimum atomic E-state index is 0. The van der Waals surface area contributed by atoms with Crippen LogP contribution in [0.1, 0.15) is 17.0 Å². The van der Waals surface area contributed by atoms with Gasteiger partial charge in [-0.2, -0.15) is 0 Å². The van der Waals surface area contributed by atoms with Crippen molar-refractivity contribution in [3.05, 3.63) is 20.2 Å². The van der Waals surface area contributed by atoms with Gasteiger partial charge in [0.15, 0.2) is 0 Å². The van der Waals surface area contributed by atoms with Gasteiger partial charge in [0, 0.05) is 49.7 Å². The lowest BCUT2D eigenvalue weighted by molar-refractivity contribution is -0.132. The summed E-state index contributed by atoms with van der Waals surface area (Å²) in [7, 11) is 0. The smallest absolute Gasteiger partial charge is 0.307 e. The quantitative estimate of drug-likeness (QED) is 0.897. The first-order chi connectivity index (χ1) is 8.59. The first-order valence-electron chi connectivity index (χ1n) is 6.25. The number of piperazine rings is 1. The van der Waals surface area contributed by atoms with Gasteiger partial charge in [-0.05, 0) is 13.8 Å². The summed E-state index contributed by atoms with van der Waals surface area (Å²) in [6.45, 7) is 7.64. The maximum absolute atomic E-state index is 12.0. The highest BCUT2D eigenvalue weighted by Crippen LogP contribution is 2.10. The number of thiazole rings is 1. The maximum atomic E-state index is 12.0. The number of halogens is 1. The summed E-state index contributed by atoms with van der Waals surface area (Å²) in [4.78, 5) is 26.6. The van der Waals surface area contributed by atoms with E-state index in [-0.39, 0.29) is 23.2 Å². The van der Waals surface area contributed by atoms with Crippen molar-refractivity contribution >= 4 is 29.7 Å². The van der Waals surface area contributed by atoms with E-state index in [2.05, 4.69) is 5.32 Å². The maximum Gasteiger partial charge on any atom is 0.307 e. The molecule has 1 saturated heterocycles. The molecule has 1 aromatic heterocycles. The number of nitrogens with one attached hydrogen (secondary N) is 1. The number of aromatic nitrogens is 1. The number of hydrogen-bond acceptors (Lipinski definition) is 4. The predicted octanol–water partition coefficient (Wildman–Crippen LogP) is 0.770. The fourth-order valence-corrected chi connectivity index (χ4v) is 2.98. The Hall–Kier alpha value is -0.850. The molecule has 1 aliphatic heterocycles. The van der Waals surface area contributed by atoms with Gasteiger partial charge < -0.3 is 14.8 Å². The van der Waals surface area contributed by atoms with Gasteiger partial charge in [-0.1, -0.05) is 11.3 Å². The van der Waals surface area contributed by atoms with Crippen LogP contribution in [0.15, 0.2) is 4.79 Å². The molecule has 1 N–H and O–H groups in total. The molecule has 2 rings (SSSR count). The molecule has 7 heteroatoms. The fraction of sp³-hybridized carbons (Fsp3) is 0.667. The first-order valence-corrected chi connectivity index (χ1v) is 7.06. The average molecular weight is 306 g/mol. The lowest BCUT2D eigenvalue weighted by atomic mass is 10.3. The van der Waals surface area contributed by atoms with E-state index in [1.807, 2.05) is 18.7 Å². The Morgan fingerprint density at radius 3 is 2.47 bits per heavy atom. The zero-order valence-electron chi connectivity index (χ0n) is 11.3. The number of amides is 1. The zero-order valence-corrected chi connectivity index (χ0v) is 12.9. The van der Waals surface area contributed by atoms with Crippen molar-refractivity contribution in [3.63, 3.8) is 0 Å². The summed E-state index contributed by atoms with van der Waals surface area (Å²) in [6, 6.07) is 0. The SMILES string of the molecule is Cc1sc(=O)n(CCC(=O)N2CCNCC2)c1C.Cl. The van der Waals surface area contributed by atoms with Gasteiger partial charge in [0.2, 0.25) is 5.91 Å². The first kappa shape index (κ1) is 16.2. The van der Waals surface area contributed by atoms with Crippen molar-refractivity contribution in [3.8, 4) is 0 Å². The normalized spacial score (nSPS) is 15.2. The van der Waals surface area contributed by atoms with E-state index in [9.17, 15) is 9.59 Å². The standard InChI is InChI=1S/C12H19N3O2S.ClH/c1-9-10(2)18-12(17)15(9)6-3-11(16)14-7-4-13-5-8-14;/h13H,3-8H2,1-2H3;1H. The highest BCUT2D eigenvalue weighted by atomic mass is 35.5. The molecule has 19 heavy (non-hydrogen) atoms. The average Bonchev–Trinajstić information content (AvgIpc) is 2.62.